The third-order valence-electron chi connectivity index (χ3n) is 4.48. The van der Waals surface area contributed by atoms with Gasteiger partial charge in [-0.3, -0.25) is 9.52 Å². The number of benzene rings is 2. The maximum Gasteiger partial charge on any atom is 0.262 e. The minimum Gasteiger partial charge on any atom is -0.495 e. The van der Waals surface area contributed by atoms with Crippen LogP contribution in [0.3, 0.4) is 0 Å². The van der Waals surface area contributed by atoms with Crippen LogP contribution in [0.1, 0.15) is 16.8 Å². The summed E-state index contributed by atoms with van der Waals surface area (Å²) in [6.07, 6.45) is 0.292. The number of halogens is 2. The van der Waals surface area contributed by atoms with E-state index in [-0.39, 0.29) is 28.5 Å². The Morgan fingerprint density at radius 2 is 1.87 bits per heavy atom. The molecule has 2 aromatic carbocycles. The number of hydrogen-bond donors (Lipinski definition) is 2. The van der Waals surface area contributed by atoms with Crippen molar-refractivity contribution in [3.05, 3.63) is 53.6 Å². The number of hydrogen-bond acceptors (Lipinski definition) is 6. The lowest BCUT2D eigenvalue weighted by molar-refractivity contribution is 0.0941. The fourth-order valence-corrected chi connectivity index (χ4v) is 5.70. The molecule has 1 heterocycles. The standard InChI is InChI=1S/C18H18F2N2O6S2/c1-28-17-5-2-11(18(23)21-12-6-7-29(24,25)10-12)8-16(17)22-30(26,27)13-3-4-14(19)15(20)9-13/h2-5,8-9,12,22H,6-7,10H2,1H3,(H,21,23)/t12-/m0/s1. The van der Waals surface area contributed by atoms with Crippen LogP contribution in [0, 0.1) is 11.6 Å². The Hall–Kier alpha value is -2.73. The van der Waals surface area contributed by atoms with Crippen LogP contribution in [-0.2, 0) is 19.9 Å². The molecule has 0 spiro atoms. The van der Waals surface area contributed by atoms with Crippen molar-refractivity contribution in [1.82, 2.24) is 5.32 Å². The summed E-state index contributed by atoms with van der Waals surface area (Å²) in [6.45, 7) is 0. The van der Waals surface area contributed by atoms with Gasteiger partial charge in [0.15, 0.2) is 21.5 Å². The van der Waals surface area contributed by atoms with E-state index >= 15 is 0 Å². The average molecular weight is 460 g/mol. The number of sulfonamides is 1. The van der Waals surface area contributed by atoms with Gasteiger partial charge in [0.05, 0.1) is 29.2 Å². The zero-order valence-corrected chi connectivity index (χ0v) is 17.3. The molecule has 2 N–H and O–H groups in total. The van der Waals surface area contributed by atoms with Gasteiger partial charge in [0, 0.05) is 11.6 Å². The van der Waals surface area contributed by atoms with Crippen LogP contribution in [0.2, 0.25) is 0 Å². The van der Waals surface area contributed by atoms with Gasteiger partial charge >= 0.3 is 0 Å². The molecule has 1 amide bonds. The van der Waals surface area contributed by atoms with Crippen molar-refractivity contribution in [1.29, 1.82) is 0 Å². The third kappa shape index (κ3) is 4.87. The Kier molecular flexibility index (Phi) is 5.99. The largest absolute Gasteiger partial charge is 0.495 e. The highest BCUT2D eigenvalue weighted by Crippen LogP contribution is 2.28. The van der Waals surface area contributed by atoms with Crippen molar-refractivity contribution in [2.45, 2.75) is 17.4 Å². The maximum absolute atomic E-state index is 13.4. The Balaban J connectivity index is 1.85. The Labute approximate surface area is 172 Å². The second-order valence-electron chi connectivity index (χ2n) is 6.67. The summed E-state index contributed by atoms with van der Waals surface area (Å²) >= 11 is 0. The van der Waals surface area contributed by atoms with Gasteiger partial charge in [0.25, 0.3) is 15.9 Å². The number of ether oxygens (including phenoxy) is 1. The second kappa shape index (κ2) is 8.19. The first kappa shape index (κ1) is 22.0. The molecule has 0 aromatic heterocycles. The van der Waals surface area contributed by atoms with E-state index in [0.717, 1.165) is 6.07 Å². The van der Waals surface area contributed by atoms with Crippen molar-refractivity contribution in [2.75, 3.05) is 23.3 Å². The molecular weight excluding hydrogens is 442 g/mol. The van der Waals surface area contributed by atoms with E-state index in [1.165, 1.54) is 25.3 Å². The summed E-state index contributed by atoms with van der Waals surface area (Å²) in [4.78, 5) is 11.9. The number of carbonyl (C=O) groups excluding carboxylic acids is 1. The molecule has 3 rings (SSSR count). The number of anilines is 1. The highest BCUT2D eigenvalue weighted by Gasteiger charge is 2.29. The third-order valence-corrected chi connectivity index (χ3v) is 7.61. The van der Waals surface area contributed by atoms with Gasteiger partial charge in [0.2, 0.25) is 0 Å². The van der Waals surface area contributed by atoms with Crippen LogP contribution in [-0.4, -0.2) is 47.4 Å². The summed E-state index contributed by atoms with van der Waals surface area (Å²) in [6, 6.07) is 5.50. The maximum atomic E-state index is 13.4. The average Bonchev–Trinajstić information content (AvgIpc) is 3.01. The Morgan fingerprint density at radius 1 is 1.13 bits per heavy atom. The van der Waals surface area contributed by atoms with Crippen molar-refractivity contribution < 1.29 is 35.1 Å². The number of amides is 1. The van der Waals surface area contributed by atoms with Crippen LogP contribution >= 0.6 is 0 Å². The minimum atomic E-state index is -4.31. The van der Waals surface area contributed by atoms with Crippen LogP contribution in [0.25, 0.3) is 0 Å². The molecule has 12 heteroatoms. The van der Waals surface area contributed by atoms with E-state index in [2.05, 4.69) is 10.0 Å². The zero-order valence-electron chi connectivity index (χ0n) is 15.7. The molecule has 0 unspecified atom stereocenters. The van der Waals surface area contributed by atoms with Crippen LogP contribution in [0.5, 0.6) is 5.75 Å². The fourth-order valence-electron chi connectivity index (χ4n) is 2.95. The van der Waals surface area contributed by atoms with Crippen LogP contribution in [0.15, 0.2) is 41.3 Å². The predicted octanol–water partition coefficient (Wildman–Crippen LogP) is 1.69. The van der Waals surface area contributed by atoms with Gasteiger partial charge in [0.1, 0.15) is 5.75 Å². The van der Waals surface area contributed by atoms with E-state index in [9.17, 15) is 30.4 Å². The summed E-state index contributed by atoms with van der Waals surface area (Å²) in [5.74, 6) is -3.21. The SMILES string of the molecule is COc1ccc(C(=O)N[C@H]2CCS(=O)(=O)C2)cc1NS(=O)(=O)c1ccc(F)c(F)c1. The van der Waals surface area contributed by atoms with Gasteiger partial charge < -0.3 is 10.1 Å². The Bertz CT molecular complexity index is 1200. The molecule has 30 heavy (non-hydrogen) atoms. The number of rotatable bonds is 6. The molecule has 2 aromatic rings. The van der Waals surface area contributed by atoms with E-state index in [1.807, 2.05) is 0 Å². The van der Waals surface area contributed by atoms with Crippen LogP contribution < -0.4 is 14.8 Å². The number of carbonyl (C=O) groups is 1. The molecule has 0 saturated carbocycles. The summed E-state index contributed by atoms with van der Waals surface area (Å²) in [5, 5.41) is 2.60. The minimum absolute atomic E-state index is 0.0140. The lowest BCUT2D eigenvalue weighted by Crippen LogP contribution is -2.35. The lowest BCUT2D eigenvalue weighted by atomic mass is 10.1. The van der Waals surface area contributed by atoms with E-state index < -0.39 is 48.3 Å². The quantitative estimate of drug-likeness (QED) is 0.677. The van der Waals surface area contributed by atoms with E-state index in [1.54, 1.807) is 0 Å². The number of sulfone groups is 1. The number of methoxy groups -OCH3 is 1. The second-order valence-corrected chi connectivity index (χ2v) is 10.6. The normalized spacial score (nSPS) is 18.0. The van der Waals surface area contributed by atoms with E-state index in [4.69, 9.17) is 4.74 Å². The first-order valence-corrected chi connectivity index (χ1v) is 12.0. The van der Waals surface area contributed by atoms with Gasteiger partial charge in [-0.15, -0.1) is 0 Å². The molecule has 0 bridgehead atoms. The topological polar surface area (TPSA) is 119 Å². The molecule has 1 saturated heterocycles. The summed E-state index contributed by atoms with van der Waals surface area (Å²) in [7, 11) is -6.21. The molecule has 1 fully saturated rings. The fraction of sp³-hybridized carbons (Fsp3) is 0.278. The first-order valence-electron chi connectivity index (χ1n) is 8.68. The van der Waals surface area contributed by atoms with Gasteiger partial charge in [-0.1, -0.05) is 0 Å². The Morgan fingerprint density at radius 3 is 2.47 bits per heavy atom. The van der Waals surface area contributed by atoms with Crippen LogP contribution in [0.4, 0.5) is 14.5 Å². The molecule has 8 nitrogen and oxygen atoms in total. The molecule has 0 aliphatic carbocycles. The van der Waals surface area contributed by atoms with Crippen molar-refractivity contribution >= 4 is 31.5 Å². The van der Waals surface area contributed by atoms with Crippen molar-refractivity contribution in [2.24, 2.45) is 0 Å². The van der Waals surface area contributed by atoms with Crippen molar-refractivity contribution in [3.63, 3.8) is 0 Å². The molecule has 1 aliphatic rings. The van der Waals surface area contributed by atoms with Crippen molar-refractivity contribution in [3.8, 4) is 5.75 Å². The lowest BCUT2D eigenvalue weighted by Gasteiger charge is -2.15. The predicted molar refractivity (Wildman–Crippen MR) is 105 cm³/mol. The van der Waals surface area contributed by atoms with Gasteiger partial charge in [-0.05, 0) is 42.8 Å². The van der Waals surface area contributed by atoms with Gasteiger partial charge in [-0.2, -0.15) is 0 Å². The first-order chi connectivity index (χ1) is 14.0. The molecule has 1 aliphatic heterocycles. The molecule has 162 valence electrons. The molecule has 1 atom stereocenters. The van der Waals surface area contributed by atoms with E-state index in [0.29, 0.717) is 18.6 Å². The summed E-state index contributed by atoms with van der Waals surface area (Å²) < 4.78 is 82.0. The zero-order chi connectivity index (χ0) is 22.1. The molecular formula is C18H18F2N2O6S2. The molecule has 0 radical (unpaired) electrons. The monoisotopic (exact) mass is 460 g/mol. The smallest absolute Gasteiger partial charge is 0.262 e. The highest BCUT2D eigenvalue weighted by atomic mass is 32.2. The highest BCUT2D eigenvalue weighted by molar-refractivity contribution is 7.92. The summed E-state index contributed by atoms with van der Waals surface area (Å²) in [5.41, 5.74) is -0.0444. The number of nitrogens with one attached hydrogen (secondary N) is 2. The van der Waals surface area contributed by atoms with Gasteiger partial charge in [-0.25, -0.2) is 25.6 Å².